The van der Waals surface area contributed by atoms with E-state index >= 15 is 0 Å². The summed E-state index contributed by atoms with van der Waals surface area (Å²) in [6.45, 7) is 0. The summed E-state index contributed by atoms with van der Waals surface area (Å²) in [7, 11) is -21.1. The molecule has 0 aliphatic carbocycles. The number of aromatic hydroxyl groups is 2. The van der Waals surface area contributed by atoms with Crippen LogP contribution in [0, 0.1) is 0 Å². The molecule has 16 nitrogen and oxygen atoms in total. The van der Waals surface area contributed by atoms with Gasteiger partial charge in [0.15, 0.2) is 5.75 Å². The Kier molecular flexibility index (Phi) is 6.88. The van der Waals surface area contributed by atoms with Gasteiger partial charge in [-0.05, 0) is 53.2 Å². The second-order valence-corrected chi connectivity index (χ2v) is 13.4. The quantitative estimate of drug-likeness (QED) is 0.225. The second-order valence-electron chi connectivity index (χ2n) is 7.96. The van der Waals surface area contributed by atoms with Crippen molar-refractivity contribution in [3.63, 3.8) is 0 Å². The van der Waals surface area contributed by atoms with Crippen molar-refractivity contribution in [1.29, 1.82) is 0 Å². The number of fused-ring (bicyclic) bond motifs is 2. The number of azo groups is 1. The van der Waals surface area contributed by atoms with Gasteiger partial charge in [0.2, 0.25) is 0 Å². The number of phenolic OH excluding ortho intramolecular Hbond substituents is 2. The van der Waals surface area contributed by atoms with Gasteiger partial charge in [-0.15, -0.1) is 5.11 Å². The van der Waals surface area contributed by atoms with Crippen molar-refractivity contribution < 1.29 is 62.1 Å². The number of hydrogen-bond donors (Lipinski definition) is 2. The van der Waals surface area contributed by atoms with Gasteiger partial charge in [0.25, 0.3) is 0 Å². The van der Waals surface area contributed by atoms with Gasteiger partial charge < -0.3 is 28.4 Å². The minimum absolute atomic E-state index is 0.198. The Balaban J connectivity index is 1.97. The predicted molar refractivity (Wildman–Crippen MR) is 127 cm³/mol. The maximum atomic E-state index is 11.9. The lowest BCUT2D eigenvalue weighted by Gasteiger charge is -2.16. The zero-order valence-electron chi connectivity index (χ0n) is 18.9. The highest BCUT2D eigenvalue weighted by molar-refractivity contribution is 7.87. The molecule has 0 aliphatic heterocycles. The zero-order chi connectivity index (χ0) is 30.0. The molecule has 4 aromatic carbocycles. The lowest BCUT2D eigenvalue weighted by molar-refractivity contribution is 0.451. The van der Waals surface area contributed by atoms with E-state index in [0.29, 0.717) is 24.3 Å². The van der Waals surface area contributed by atoms with E-state index in [1.165, 1.54) is 0 Å². The van der Waals surface area contributed by atoms with Crippen molar-refractivity contribution in [2.24, 2.45) is 10.2 Å². The molecular formula is C20H10N2O14S4-4. The monoisotopic (exact) mass is 630 g/mol. The van der Waals surface area contributed by atoms with E-state index in [1.807, 2.05) is 0 Å². The van der Waals surface area contributed by atoms with Gasteiger partial charge in [-0.3, -0.25) is 0 Å². The molecule has 0 radical (unpaired) electrons. The van der Waals surface area contributed by atoms with Gasteiger partial charge in [-0.25, -0.2) is 33.7 Å². The molecule has 0 spiro atoms. The Labute approximate surface area is 224 Å². The molecule has 2 N–H and O–H groups in total. The molecule has 0 saturated carbocycles. The second kappa shape index (κ2) is 9.42. The molecule has 0 amide bonds. The molecule has 0 unspecified atom stereocenters. The van der Waals surface area contributed by atoms with Crippen molar-refractivity contribution in [2.75, 3.05) is 0 Å². The first kappa shape index (κ1) is 29.2. The molecule has 40 heavy (non-hydrogen) atoms. The summed E-state index contributed by atoms with van der Waals surface area (Å²) in [6.07, 6.45) is 0. The van der Waals surface area contributed by atoms with E-state index < -0.39 is 93.4 Å². The number of nitrogens with zero attached hydrogens (tertiary/aromatic N) is 2. The number of hydrogen-bond acceptors (Lipinski definition) is 16. The van der Waals surface area contributed by atoms with E-state index in [1.54, 1.807) is 0 Å². The van der Waals surface area contributed by atoms with Crippen LogP contribution >= 0.6 is 0 Å². The fourth-order valence-electron chi connectivity index (χ4n) is 3.68. The van der Waals surface area contributed by atoms with E-state index in [4.69, 9.17) is 0 Å². The molecule has 0 aromatic heterocycles. The normalized spacial score (nSPS) is 13.4. The number of rotatable bonds is 6. The predicted octanol–water partition coefficient (Wildman–Crippen LogP) is 1.44. The molecule has 0 heterocycles. The van der Waals surface area contributed by atoms with Crippen LogP contribution in [0.3, 0.4) is 0 Å². The Morgan fingerprint density at radius 2 is 1.12 bits per heavy atom. The first-order chi connectivity index (χ1) is 18.2. The molecule has 212 valence electrons. The Morgan fingerprint density at radius 1 is 0.575 bits per heavy atom. The third-order valence-corrected chi connectivity index (χ3v) is 8.71. The van der Waals surface area contributed by atoms with E-state index in [9.17, 15) is 62.1 Å². The van der Waals surface area contributed by atoms with Crippen molar-refractivity contribution in [2.45, 2.75) is 19.6 Å². The zero-order valence-corrected chi connectivity index (χ0v) is 22.2. The number of benzene rings is 4. The SMILES string of the molecule is O=S(=O)([O-])c1cc(S(=O)(=O)[O-])c2cc(N=Nc3c(S(=O)(=O)[O-])cc4cc(S(=O)(=O)[O-])cc(O)c4c3O)ccc2c1. The van der Waals surface area contributed by atoms with Crippen LogP contribution in [0.1, 0.15) is 0 Å². The topological polar surface area (TPSA) is 294 Å². The van der Waals surface area contributed by atoms with Crippen LogP contribution in [-0.4, -0.2) is 62.1 Å². The lowest BCUT2D eigenvalue weighted by atomic mass is 10.1. The molecular weight excluding hydrogens is 620 g/mol. The van der Waals surface area contributed by atoms with Crippen molar-refractivity contribution >= 4 is 73.4 Å². The summed E-state index contributed by atoms with van der Waals surface area (Å²) in [5.41, 5.74) is -1.37. The first-order valence-corrected chi connectivity index (χ1v) is 15.7. The standard InChI is InChI=1S/C20H14N2O14S4/c23-15-7-12(37(25,26)27)4-10-5-17(40(34,35)36)19(20(24)18(10)15)22-21-11-2-1-9-3-13(38(28,29)30)8-16(14(9)6-11)39(31,32)33/h1-8,23-24H,(H,25,26,27)(H,28,29,30)(H,31,32,33)(H,34,35,36)/p-4. The smallest absolute Gasteiger partial charge is 0.155 e. The Bertz CT molecular complexity index is 2230. The molecule has 0 aliphatic rings. The maximum absolute atomic E-state index is 11.9. The van der Waals surface area contributed by atoms with Crippen LogP contribution in [0.25, 0.3) is 21.5 Å². The van der Waals surface area contributed by atoms with Crippen molar-refractivity contribution in [3.05, 3.63) is 48.5 Å². The van der Waals surface area contributed by atoms with Gasteiger partial charge in [0.05, 0.1) is 30.7 Å². The van der Waals surface area contributed by atoms with Crippen LogP contribution in [0.4, 0.5) is 11.4 Å². The lowest BCUT2D eigenvalue weighted by Crippen LogP contribution is -2.04. The summed E-state index contributed by atoms with van der Waals surface area (Å²) in [4.78, 5) is -4.38. The van der Waals surface area contributed by atoms with Gasteiger partial charge in [0.1, 0.15) is 51.9 Å². The highest BCUT2D eigenvalue weighted by atomic mass is 32.2. The average molecular weight is 631 g/mol. The Hall–Kier alpha value is -3.76. The van der Waals surface area contributed by atoms with Crippen LogP contribution in [0.5, 0.6) is 11.5 Å². The molecule has 0 bridgehead atoms. The summed E-state index contributed by atoms with van der Waals surface area (Å²) >= 11 is 0. The van der Waals surface area contributed by atoms with Crippen LogP contribution in [0.15, 0.2) is 78.3 Å². The van der Waals surface area contributed by atoms with Crippen LogP contribution < -0.4 is 0 Å². The average Bonchev–Trinajstić information content (AvgIpc) is 2.79. The van der Waals surface area contributed by atoms with Gasteiger partial charge in [0, 0.05) is 5.39 Å². The van der Waals surface area contributed by atoms with Crippen LogP contribution in [0.2, 0.25) is 0 Å². The van der Waals surface area contributed by atoms with E-state index in [0.717, 1.165) is 24.3 Å². The number of phenols is 2. The van der Waals surface area contributed by atoms with Gasteiger partial charge in [-0.1, -0.05) is 6.07 Å². The minimum atomic E-state index is -5.47. The van der Waals surface area contributed by atoms with E-state index in [2.05, 4.69) is 10.2 Å². The third-order valence-electron chi connectivity index (χ3n) is 5.36. The molecule has 0 saturated heterocycles. The maximum Gasteiger partial charge on any atom is 0.155 e. The molecule has 4 rings (SSSR count). The summed E-state index contributed by atoms with van der Waals surface area (Å²) in [5, 5.41) is 26.1. The molecule has 0 fully saturated rings. The van der Waals surface area contributed by atoms with Crippen LogP contribution in [-0.2, 0) is 40.5 Å². The summed E-state index contributed by atoms with van der Waals surface area (Å²) in [5.74, 6) is -2.17. The Morgan fingerprint density at radius 3 is 1.68 bits per heavy atom. The van der Waals surface area contributed by atoms with Crippen molar-refractivity contribution in [1.82, 2.24) is 0 Å². The third kappa shape index (κ3) is 5.59. The highest BCUT2D eigenvalue weighted by Gasteiger charge is 2.21. The molecule has 4 aromatic rings. The first-order valence-electron chi connectivity index (χ1n) is 10.0. The fraction of sp³-hybridized carbons (Fsp3) is 0. The van der Waals surface area contributed by atoms with E-state index in [-0.39, 0.29) is 11.1 Å². The largest absolute Gasteiger partial charge is 0.744 e. The minimum Gasteiger partial charge on any atom is -0.744 e. The van der Waals surface area contributed by atoms with Gasteiger partial charge >= 0.3 is 0 Å². The van der Waals surface area contributed by atoms with Gasteiger partial charge in [-0.2, -0.15) is 5.11 Å². The summed E-state index contributed by atoms with van der Waals surface area (Å²) in [6, 6.07) is 5.67. The summed E-state index contributed by atoms with van der Waals surface area (Å²) < 4.78 is 139. The molecule has 20 heteroatoms. The highest BCUT2D eigenvalue weighted by Crippen LogP contribution is 2.45. The fourth-order valence-corrected chi connectivity index (χ4v) is 6.17. The molecule has 0 atom stereocenters. The van der Waals surface area contributed by atoms with Crippen molar-refractivity contribution in [3.8, 4) is 11.5 Å².